The van der Waals surface area contributed by atoms with Crippen LogP contribution in [0.2, 0.25) is 0 Å². The molecule has 4 N–H and O–H groups in total. The Morgan fingerprint density at radius 2 is 1.92 bits per heavy atom. The van der Waals surface area contributed by atoms with Gasteiger partial charge in [-0.1, -0.05) is 44.5 Å². The van der Waals surface area contributed by atoms with E-state index in [0.29, 0.717) is 23.5 Å². The van der Waals surface area contributed by atoms with Crippen LogP contribution < -0.4 is 15.3 Å². The standard InChI is InChI=1S/C25H30N3O6PS/c1-5-15(2)12-13-25(3)18-9-7-6-8-17(18)22(29)21(23(25)30)24-26-19-11-10-16(28-36(4,33)34)14-20(19)35(31,32)27-24/h6-11,14-15,28-29H,5,12-13H2,1-4H3,(H2,26,27,31,32). The van der Waals surface area contributed by atoms with E-state index >= 15 is 0 Å². The van der Waals surface area contributed by atoms with Gasteiger partial charge in [-0.25, -0.2) is 8.42 Å². The maximum absolute atomic E-state index is 14.0. The third kappa shape index (κ3) is 4.73. The van der Waals surface area contributed by atoms with Crippen LogP contribution in [0.25, 0.3) is 5.76 Å². The monoisotopic (exact) mass is 531 g/mol. The third-order valence-corrected chi connectivity index (χ3v) is 8.99. The molecule has 2 aliphatic rings. The van der Waals surface area contributed by atoms with Gasteiger partial charge in [0.25, 0.3) is 0 Å². The number of fused-ring (bicyclic) bond motifs is 2. The first kappa shape index (κ1) is 26.1. The van der Waals surface area contributed by atoms with E-state index < -0.39 is 23.0 Å². The number of carbonyl (C=O) groups excluding carboxylic acids is 1. The molecule has 0 bridgehead atoms. The molecule has 0 saturated carbocycles. The average Bonchev–Trinajstić information content (AvgIpc) is 2.80. The van der Waals surface area contributed by atoms with E-state index in [1.807, 2.05) is 19.1 Å². The van der Waals surface area contributed by atoms with Gasteiger partial charge in [-0.2, -0.15) is 4.76 Å². The summed E-state index contributed by atoms with van der Waals surface area (Å²) in [6.45, 7) is 6.05. The zero-order chi connectivity index (χ0) is 26.5. The number of anilines is 2. The highest BCUT2D eigenvalue weighted by molar-refractivity contribution is 7.92. The number of aliphatic hydroxyl groups is 1. The molecule has 2 aromatic carbocycles. The van der Waals surface area contributed by atoms with Crippen LogP contribution in [0.1, 0.15) is 51.2 Å². The molecule has 0 saturated heterocycles. The predicted molar refractivity (Wildman–Crippen MR) is 142 cm³/mol. The molecule has 3 atom stereocenters. The maximum atomic E-state index is 14.0. The highest BCUT2D eigenvalue weighted by Crippen LogP contribution is 2.49. The van der Waals surface area contributed by atoms with E-state index in [1.165, 1.54) is 18.2 Å². The van der Waals surface area contributed by atoms with E-state index in [1.54, 1.807) is 12.1 Å². The molecule has 1 aliphatic heterocycles. The number of nitrogens with zero attached hydrogens (tertiary/aromatic N) is 1. The first-order valence-electron chi connectivity index (χ1n) is 11.7. The van der Waals surface area contributed by atoms with Crippen LogP contribution in [0.4, 0.5) is 11.4 Å². The zero-order valence-electron chi connectivity index (χ0n) is 20.6. The van der Waals surface area contributed by atoms with Crippen LogP contribution in [0.15, 0.2) is 52.8 Å². The molecule has 1 heterocycles. The Kier molecular flexibility index (Phi) is 6.66. The molecule has 0 amide bonds. The number of hydrogen-bond acceptors (Lipinski definition) is 6. The van der Waals surface area contributed by atoms with E-state index in [4.69, 9.17) is 0 Å². The zero-order valence-corrected chi connectivity index (χ0v) is 22.3. The average molecular weight is 532 g/mol. The number of aliphatic hydroxyl groups excluding tert-OH is 1. The lowest BCUT2D eigenvalue weighted by Gasteiger charge is -2.37. The van der Waals surface area contributed by atoms with Crippen LogP contribution in [-0.4, -0.2) is 36.3 Å². The second-order valence-corrected chi connectivity index (χ2v) is 13.2. The SMILES string of the molecule is CCC(C)CCC1(C)C(=O)C(C2=NP(=O)(O)c3cc(NS(C)(=O)=O)ccc3N2)=C(O)c2ccccc21. The van der Waals surface area contributed by atoms with E-state index in [0.717, 1.165) is 19.1 Å². The van der Waals surface area contributed by atoms with Gasteiger partial charge < -0.3 is 15.3 Å². The van der Waals surface area contributed by atoms with Crippen LogP contribution in [0.5, 0.6) is 0 Å². The quantitative estimate of drug-likeness (QED) is 0.389. The summed E-state index contributed by atoms with van der Waals surface area (Å²) in [4.78, 5) is 24.8. The number of rotatable bonds is 7. The summed E-state index contributed by atoms with van der Waals surface area (Å²) in [6, 6.07) is 11.2. The molecule has 3 unspecified atom stereocenters. The van der Waals surface area contributed by atoms with E-state index in [-0.39, 0.29) is 39.6 Å². The first-order valence-corrected chi connectivity index (χ1v) is 15.2. The van der Waals surface area contributed by atoms with Crippen LogP contribution in [0, 0.1) is 5.92 Å². The molecule has 11 heteroatoms. The lowest BCUT2D eigenvalue weighted by Crippen LogP contribution is -2.42. The number of nitrogens with one attached hydrogen (secondary N) is 2. The summed E-state index contributed by atoms with van der Waals surface area (Å²) >= 11 is 0. The number of hydrogen-bond donors (Lipinski definition) is 4. The Labute approximate surface area is 210 Å². The molecule has 1 aliphatic carbocycles. The summed E-state index contributed by atoms with van der Waals surface area (Å²) in [5.41, 5.74) is 0.383. The van der Waals surface area contributed by atoms with Crippen LogP contribution >= 0.6 is 7.52 Å². The Morgan fingerprint density at radius 3 is 2.58 bits per heavy atom. The van der Waals surface area contributed by atoms with Crippen molar-refractivity contribution in [2.24, 2.45) is 10.7 Å². The number of benzene rings is 2. The van der Waals surface area contributed by atoms with Gasteiger partial charge in [0, 0.05) is 11.3 Å². The van der Waals surface area contributed by atoms with Crippen molar-refractivity contribution in [3.63, 3.8) is 0 Å². The Hall–Kier alpha value is -2.94. The molecular formula is C25H30N3O6PS. The van der Waals surface area contributed by atoms with Gasteiger partial charge in [-0.15, -0.1) is 0 Å². The largest absolute Gasteiger partial charge is 0.506 e. The number of Topliss-reactive ketones (excluding diaryl/α,β-unsaturated/α-hetero) is 1. The first-order chi connectivity index (χ1) is 16.8. The van der Waals surface area contributed by atoms with Gasteiger partial charge in [0.15, 0.2) is 5.78 Å². The molecule has 36 heavy (non-hydrogen) atoms. The van der Waals surface area contributed by atoms with Gasteiger partial charge >= 0.3 is 7.52 Å². The van der Waals surface area contributed by atoms with Gasteiger partial charge in [-0.05, 0) is 49.4 Å². The van der Waals surface area contributed by atoms with Crippen molar-refractivity contribution in [1.82, 2.24) is 0 Å². The summed E-state index contributed by atoms with van der Waals surface area (Å²) in [5, 5.41) is 14.0. The number of sulfonamides is 1. The van der Waals surface area contributed by atoms with Crippen molar-refractivity contribution in [3.8, 4) is 0 Å². The highest BCUT2D eigenvalue weighted by Gasteiger charge is 2.46. The van der Waals surface area contributed by atoms with Gasteiger partial charge in [-0.3, -0.25) is 14.1 Å². The fraction of sp³-hybridized carbons (Fsp3) is 0.360. The summed E-state index contributed by atoms with van der Waals surface area (Å²) in [7, 11) is -8.02. The van der Waals surface area contributed by atoms with Crippen molar-refractivity contribution >= 4 is 51.6 Å². The molecule has 2 aromatic rings. The molecule has 4 rings (SSSR count). The van der Waals surface area contributed by atoms with Crippen molar-refractivity contribution < 1.29 is 27.8 Å². The number of ketones is 1. The summed E-state index contributed by atoms with van der Waals surface area (Å²) in [5.74, 6) is -0.480. The van der Waals surface area contributed by atoms with Gasteiger partial charge in [0.1, 0.15) is 17.2 Å². The maximum Gasteiger partial charge on any atom is 0.346 e. The van der Waals surface area contributed by atoms with Gasteiger partial charge in [0.05, 0.1) is 22.7 Å². The second kappa shape index (κ2) is 9.18. The lowest BCUT2D eigenvalue weighted by molar-refractivity contribution is -0.120. The number of carbonyl (C=O) groups is 1. The van der Waals surface area contributed by atoms with Crippen molar-refractivity contribution in [1.29, 1.82) is 0 Å². The van der Waals surface area contributed by atoms with Crippen molar-refractivity contribution in [2.75, 3.05) is 16.3 Å². The summed E-state index contributed by atoms with van der Waals surface area (Å²) < 4.78 is 42.6. The van der Waals surface area contributed by atoms with E-state index in [9.17, 15) is 27.8 Å². The predicted octanol–water partition coefficient (Wildman–Crippen LogP) is 4.33. The molecule has 0 spiro atoms. The molecule has 0 aromatic heterocycles. The Bertz CT molecular complexity index is 1470. The molecule has 192 valence electrons. The fourth-order valence-electron chi connectivity index (χ4n) is 4.63. The Balaban J connectivity index is 1.81. The molecule has 0 fully saturated rings. The molecule has 0 radical (unpaired) electrons. The molecular weight excluding hydrogens is 501 g/mol. The minimum absolute atomic E-state index is 0.105. The smallest absolute Gasteiger partial charge is 0.346 e. The third-order valence-electron chi connectivity index (χ3n) is 6.92. The van der Waals surface area contributed by atoms with E-state index in [2.05, 4.69) is 28.6 Å². The second-order valence-electron chi connectivity index (χ2n) is 9.71. The van der Waals surface area contributed by atoms with Crippen molar-refractivity contribution in [2.45, 2.75) is 45.4 Å². The van der Waals surface area contributed by atoms with Crippen LogP contribution in [0.3, 0.4) is 0 Å². The minimum atomic E-state index is -4.41. The Morgan fingerprint density at radius 1 is 1.22 bits per heavy atom. The highest BCUT2D eigenvalue weighted by atomic mass is 32.2. The van der Waals surface area contributed by atoms with Crippen LogP contribution in [-0.2, 0) is 24.8 Å². The fourth-order valence-corrected chi connectivity index (χ4v) is 6.46. The van der Waals surface area contributed by atoms with Gasteiger partial charge in [0.2, 0.25) is 10.0 Å². The van der Waals surface area contributed by atoms with Crippen molar-refractivity contribution in [3.05, 3.63) is 59.2 Å². The normalized spacial score (nSPS) is 24.4. The molecule has 9 nitrogen and oxygen atoms in total. The minimum Gasteiger partial charge on any atom is -0.506 e. The lowest BCUT2D eigenvalue weighted by atomic mass is 9.66. The number of amidine groups is 1. The summed E-state index contributed by atoms with van der Waals surface area (Å²) in [6.07, 6.45) is 3.27. The topological polar surface area (TPSA) is 145 Å².